The lowest BCUT2D eigenvalue weighted by Gasteiger charge is -2.03. The first-order valence-electron chi connectivity index (χ1n) is 4.67. The van der Waals surface area contributed by atoms with Crippen LogP contribution in [-0.4, -0.2) is 17.3 Å². The van der Waals surface area contributed by atoms with Crippen LogP contribution in [0.3, 0.4) is 0 Å². The smallest absolute Gasteiger partial charge is 0.147 e. The topological polar surface area (TPSA) is 17.1 Å². The van der Waals surface area contributed by atoms with E-state index in [1.807, 2.05) is 6.92 Å². The second-order valence-corrected chi connectivity index (χ2v) is 4.33. The van der Waals surface area contributed by atoms with Crippen molar-refractivity contribution in [3.8, 4) is 0 Å². The Balaban J connectivity index is 2.68. The Morgan fingerprint density at radius 1 is 1.33 bits per heavy atom. The third kappa shape index (κ3) is 3.63. The standard InChI is InChI=1S/C11H12F2OS/c1-2-15-7-8(14)6-9-10(12)4-3-5-11(9)13/h3-5H,2,6-7H2,1H3. The molecule has 0 heterocycles. The third-order valence-corrected chi connectivity index (χ3v) is 2.84. The number of carbonyl (C=O) groups excluding carboxylic acids is 1. The van der Waals surface area contributed by atoms with Gasteiger partial charge in [-0.05, 0) is 17.9 Å². The molecule has 0 atom stereocenters. The van der Waals surface area contributed by atoms with E-state index in [0.717, 1.165) is 5.75 Å². The highest BCUT2D eigenvalue weighted by molar-refractivity contribution is 7.99. The van der Waals surface area contributed by atoms with Crippen LogP contribution >= 0.6 is 11.8 Å². The molecule has 0 fully saturated rings. The first-order chi connectivity index (χ1) is 7.15. The predicted octanol–water partition coefficient (Wildman–Crippen LogP) is 2.83. The van der Waals surface area contributed by atoms with E-state index in [4.69, 9.17) is 0 Å². The van der Waals surface area contributed by atoms with Crippen molar-refractivity contribution in [1.29, 1.82) is 0 Å². The van der Waals surface area contributed by atoms with E-state index in [2.05, 4.69) is 0 Å². The highest BCUT2D eigenvalue weighted by Gasteiger charge is 2.12. The van der Waals surface area contributed by atoms with Crippen molar-refractivity contribution in [2.75, 3.05) is 11.5 Å². The van der Waals surface area contributed by atoms with Crippen LogP contribution in [0.25, 0.3) is 0 Å². The lowest BCUT2D eigenvalue weighted by atomic mass is 10.1. The fourth-order valence-corrected chi connectivity index (χ4v) is 1.70. The van der Waals surface area contributed by atoms with Crippen LogP contribution in [0, 0.1) is 11.6 Å². The highest BCUT2D eigenvalue weighted by atomic mass is 32.2. The Morgan fingerprint density at radius 3 is 2.47 bits per heavy atom. The van der Waals surface area contributed by atoms with Crippen LogP contribution in [-0.2, 0) is 11.2 Å². The summed E-state index contributed by atoms with van der Waals surface area (Å²) in [6.07, 6.45) is -0.161. The summed E-state index contributed by atoms with van der Waals surface area (Å²) in [6.45, 7) is 1.93. The molecule has 0 spiro atoms. The van der Waals surface area contributed by atoms with E-state index in [-0.39, 0.29) is 17.8 Å². The van der Waals surface area contributed by atoms with Crippen LogP contribution in [0.5, 0.6) is 0 Å². The molecule has 0 aliphatic rings. The van der Waals surface area contributed by atoms with Gasteiger partial charge in [0.2, 0.25) is 0 Å². The lowest BCUT2D eigenvalue weighted by molar-refractivity contribution is -0.116. The fourth-order valence-electron chi connectivity index (χ4n) is 1.17. The van der Waals surface area contributed by atoms with Crippen molar-refractivity contribution < 1.29 is 13.6 Å². The van der Waals surface area contributed by atoms with Gasteiger partial charge in [-0.25, -0.2) is 8.78 Å². The summed E-state index contributed by atoms with van der Waals surface area (Å²) >= 11 is 1.45. The highest BCUT2D eigenvalue weighted by Crippen LogP contribution is 2.13. The van der Waals surface area contributed by atoms with Crippen LogP contribution in [0.4, 0.5) is 8.78 Å². The molecule has 0 N–H and O–H groups in total. The maximum atomic E-state index is 13.1. The van der Waals surface area contributed by atoms with Crippen LogP contribution < -0.4 is 0 Å². The second-order valence-electron chi connectivity index (χ2n) is 3.05. The minimum Gasteiger partial charge on any atom is -0.298 e. The zero-order chi connectivity index (χ0) is 11.3. The van der Waals surface area contributed by atoms with Gasteiger partial charge in [-0.1, -0.05) is 13.0 Å². The maximum Gasteiger partial charge on any atom is 0.147 e. The Morgan fingerprint density at radius 2 is 1.93 bits per heavy atom. The number of thioether (sulfide) groups is 1. The van der Waals surface area contributed by atoms with Gasteiger partial charge >= 0.3 is 0 Å². The van der Waals surface area contributed by atoms with E-state index >= 15 is 0 Å². The summed E-state index contributed by atoms with van der Waals surface area (Å²) in [6, 6.07) is 3.62. The van der Waals surface area contributed by atoms with Gasteiger partial charge in [-0.15, -0.1) is 0 Å². The summed E-state index contributed by atoms with van der Waals surface area (Å²) in [5.74, 6) is -0.309. The molecule has 1 aromatic carbocycles. The molecule has 4 heteroatoms. The van der Waals surface area contributed by atoms with E-state index < -0.39 is 11.6 Å². The Kier molecular flexibility index (Phi) is 4.75. The molecule has 0 unspecified atom stereocenters. The SMILES string of the molecule is CCSCC(=O)Cc1c(F)cccc1F. The van der Waals surface area contributed by atoms with Gasteiger partial charge < -0.3 is 0 Å². The minimum absolute atomic E-state index is 0.126. The van der Waals surface area contributed by atoms with Crippen LogP contribution in [0.2, 0.25) is 0 Å². The zero-order valence-electron chi connectivity index (χ0n) is 8.43. The monoisotopic (exact) mass is 230 g/mol. The summed E-state index contributed by atoms with van der Waals surface area (Å²) in [5.41, 5.74) is -0.126. The number of carbonyl (C=O) groups is 1. The molecule has 0 amide bonds. The zero-order valence-corrected chi connectivity index (χ0v) is 9.24. The summed E-state index contributed by atoms with van der Waals surface area (Å²) < 4.78 is 26.3. The van der Waals surface area contributed by atoms with E-state index in [1.165, 1.54) is 30.0 Å². The summed E-state index contributed by atoms with van der Waals surface area (Å²) in [5, 5.41) is 0. The number of halogens is 2. The van der Waals surface area contributed by atoms with Gasteiger partial charge in [-0.2, -0.15) is 11.8 Å². The number of Topliss-reactive ketones (excluding diaryl/α,β-unsaturated/α-hetero) is 1. The van der Waals surface area contributed by atoms with Gasteiger partial charge in [0, 0.05) is 12.0 Å². The minimum atomic E-state index is -0.648. The Labute approximate surface area is 91.9 Å². The molecule has 0 aliphatic heterocycles. The van der Waals surface area contributed by atoms with Crippen molar-refractivity contribution in [3.05, 3.63) is 35.4 Å². The fraction of sp³-hybridized carbons (Fsp3) is 0.364. The normalized spacial score (nSPS) is 10.3. The third-order valence-electron chi connectivity index (χ3n) is 1.90. The van der Waals surface area contributed by atoms with Crippen molar-refractivity contribution in [2.24, 2.45) is 0 Å². The van der Waals surface area contributed by atoms with Crippen molar-refractivity contribution in [1.82, 2.24) is 0 Å². The maximum absolute atomic E-state index is 13.1. The van der Waals surface area contributed by atoms with Crippen molar-refractivity contribution in [3.63, 3.8) is 0 Å². The van der Waals surface area contributed by atoms with E-state index in [0.29, 0.717) is 5.75 Å². The predicted molar refractivity (Wildman–Crippen MR) is 58.1 cm³/mol. The van der Waals surface area contributed by atoms with Crippen LogP contribution in [0.1, 0.15) is 12.5 Å². The largest absolute Gasteiger partial charge is 0.298 e. The number of benzene rings is 1. The first kappa shape index (κ1) is 12.2. The molecule has 0 saturated heterocycles. The van der Waals surface area contributed by atoms with Gasteiger partial charge in [0.1, 0.15) is 17.4 Å². The molecule has 82 valence electrons. The quantitative estimate of drug-likeness (QED) is 0.773. The average Bonchev–Trinajstić information content (AvgIpc) is 2.21. The van der Waals surface area contributed by atoms with Crippen LogP contribution in [0.15, 0.2) is 18.2 Å². The Hall–Kier alpha value is -0.900. The molecular formula is C11H12F2OS. The molecular weight excluding hydrogens is 218 g/mol. The molecule has 0 radical (unpaired) electrons. The molecule has 1 aromatic rings. The molecule has 0 bridgehead atoms. The number of rotatable bonds is 5. The molecule has 0 aromatic heterocycles. The molecule has 0 saturated carbocycles. The Bertz CT molecular complexity index is 332. The second kappa shape index (κ2) is 5.85. The summed E-state index contributed by atoms with van der Waals surface area (Å²) in [4.78, 5) is 11.3. The van der Waals surface area contributed by atoms with Crippen molar-refractivity contribution in [2.45, 2.75) is 13.3 Å². The van der Waals surface area contributed by atoms with Crippen molar-refractivity contribution >= 4 is 17.5 Å². The summed E-state index contributed by atoms with van der Waals surface area (Å²) in [7, 11) is 0. The number of hydrogen-bond acceptors (Lipinski definition) is 2. The first-order valence-corrected chi connectivity index (χ1v) is 5.83. The van der Waals surface area contributed by atoms with Gasteiger partial charge in [0.15, 0.2) is 0 Å². The lowest BCUT2D eigenvalue weighted by Crippen LogP contribution is -2.09. The average molecular weight is 230 g/mol. The molecule has 0 aliphatic carbocycles. The van der Waals surface area contributed by atoms with E-state index in [1.54, 1.807) is 0 Å². The van der Waals surface area contributed by atoms with Gasteiger partial charge in [-0.3, -0.25) is 4.79 Å². The number of ketones is 1. The molecule has 1 rings (SSSR count). The molecule has 15 heavy (non-hydrogen) atoms. The van der Waals surface area contributed by atoms with E-state index in [9.17, 15) is 13.6 Å². The number of hydrogen-bond donors (Lipinski definition) is 0. The van der Waals surface area contributed by atoms with Gasteiger partial charge in [0.05, 0.1) is 5.75 Å². The van der Waals surface area contributed by atoms with Gasteiger partial charge in [0.25, 0.3) is 0 Å². The molecule has 1 nitrogen and oxygen atoms in total.